The molecule has 1 atom stereocenters. The lowest BCUT2D eigenvalue weighted by Gasteiger charge is -2.25. The second-order valence-corrected chi connectivity index (χ2v) is 5.19. The van der Waals surface area contributed by atoms with Crippen molar-refractivity contribution in [3.05, 3.63) is 35.4 Å². The molecule has 1 amide bonds. The van der Waals surface area contributed by atoms with Crippen molar-refractivity contribution in [1.29, 1.82) is 0 Å². The van der Waals surface area contributed by atoms with E-state index in [0.29, 0.717) is 25.2 Å². The number of hydrogen-bond donors (Lipinski definition) is 1. The first kappa shape index (κ1) is 16.8. The Morgan fingerprint density at radius 3 is 2.64 bits per heavy atom. The number of carbonyl (C=O) groups is 1. The predicted octanol–water partition coefficient (Wildman–Crippen LogP) is 2.87. The van der Waals surface area contributed by atoms with Crippen molar-refractivity contribution >= 4 is 5.91 Å². The average Bonchev–Trinajstić information content (AvgIpc) is 2.44. The number of hydrogen-bond acceptors (Lipinski definition) is 3. The summed E-state index contributed by atoms with van der Waals surface area (Å²) in [5.74, 6) is -0.754. The van der Waals surface area contributed by atoms with Gasteiger partial charge in [0.25, 0.3) is 0 Å². The van der Waals surface area contributed by atoms with Crippen LogP contribution in [0.2, 0.25) is 0 Å². The Labute approximate surface area is 126 Å². The molecule has 1 aliphatic rings. The van der Waals surface area contributed by atoms with Crippen molar-refractivity contribution < 1.29 is 27.4 Å². The molecule has 1 heterocycles. The second-order valence-electron chi connectivity index (χ2n) is 5.19. The first-order valence-electron chi connectivity index (χ1n) is 7.02. The van der Waals surface area contributed by atoms with Gasteiger partial charge in [0.1, 0.15) is 0 Å². The Morgan fingerprint density at radius 1 is 1.36 bits per heavy atom. The monoisotopic (exact) mass is 317 g/mol. The van der Waals surface area contributed by atoms with Crippen LogP contribution in [0.1, 0.15) is 30.0 Å². The molecule has 0 aromatic heterocycles. The number of aryl methyl sites for hydroxylation is 1. The maximum atomic E-state index is 13.2. The molecule has 4 nitrogen and oxygen atoms in total. The summed E-state index contributed by atoms with van der Waals surface area (Å²) < 4.78 is 50.0. The van der Waals surface area contributed by atoms with Crippen LogP contribution in [0, 0.1) is 6.92 Å². The average molecular weight is 317 g/mol. The lowest BCUT2D eigenvalue weighted by atomic mass is 10.0. The van der Waals surface area contributed by atoms with Crippen LogP contribution in [-0.2, 0) is 14.3 Å². The lowest BCUT2D eigenvalue weighted by molar-refractivity contribution is -0.188. The van der Waals surface area contributed by atoms with Crippen LogP contribution < -0.4 is 5.32 Å². The number of carbonyl (C=O) groups excluding carboxylic acids is 1. The summed E-state index contributed by atoms with van der Waals surface area (Å²) in [6.07, 6.45) is -4.89. The third-order valence-electron chi connectivity index (χ3n) is 3.26. The highest BCUT2D eigenvalue weighted by molar-refractivity contribution is 5.77. The normalized spacial score (nSPS) is 18.0. The van der Waals surface area contributed by atoms with Gasteiger partial charge in [-0.3, -0.25) is 4.79 Å². The van der Waals surface area contributed by atoms with Crippen molar-refractivity contribution in [3.8, 4) is 0 Å². The van der Waals surface area contributed by atoms with E-state index in [1.54, 1.807) is 13.0 Å². The van der Waals surface area contributed by atoms with Gasteiger partial charge in [0.05, 0.1) is 19.6 Å². The number of rotatable bonds is 4. The highest BCUT2D eigenvalue weighted by atomic mass is 19.4. The fraction of sp³-hybridized carbons (Fsp3) is 0.533. The fourth-order valence-corrected chi connectivity index (χ4v) is 2.23. The quantitative estimate of drug-likeness (QED) is 0.929. The maximum Gasteiger partial charge on any atom is 0.412 e. The van der Waals surface area contributed by atoms with E-state index in [9.17, 15) is 18.0 Å². The number of alkyl halides is 3. The van der Waals surface area contributed by atoms with Crippen molar-refractivity contribution in [2.24, 2.45) is 0 Å². The smallest absolute Gasteiger partial charge is 0.352 e. The molecule has 7 heteroatoms. The van der Waals surface area contributed by atoms with Crippen LogP contribution >= 0.6 is 0 Å². The molecule has 0 aliphatic carbocycles. The van der Waals surface area contributed by atoms with Gasteiger partial charge in [-0.2, -0.15) is 13.2 Å². The Kier molecular flexibility index (Phi) is 5.42. The molecule has 1 fully saturated rings. The molecule has 1 N–H and O–H groups in total. The largest absolute Gasteiger partial charge is 0.412 e. The molecule has 22 heavy (non-hydrogen) atoms. The van der Waals surface area contributed by atoms with Crippen molar-refractivity contribution in [1.82, 2.24) is 5.32 Å². The van der Waals surface area contributed by atoms with E-state index >= 15 is 0 Å². The predicted molar refractivity (Wildman–Crippen MR) is 73.0 cm³/mol. The van der Waals surface area contributed by atoms with E-state index in [4.69, 9.17) is 9.47 Å². The van der Waals surface area contributed by atoms with E-state index in [1.165, 1.54) is 18.2 Å². The lowest BCUT2D eigenvalue weighted by Crippen LogP contribution is -2.40. The minimum atomic E-state index is -4.57. The molecule has 0 radical (unpaired) electrons. The maximum absolute atomic E-state index is 13.2. The van der Waals surface area contributed by atoms with E-state index in [2.05, 4.69) is 0 Å². The number of ether oxygens (including phenoxy) is 2. The number of halogens is 3. The van der Waals surface area contributed by atoms with Crippen molar-refractivity contribution in [2.45, 2.75) is 38.3 Å². The SMILES string of the molecule is Cc1cccc(C(NC(=O)CC2OCCCO2)C(F)(F)F)c1. The zero-order valence-corrected chi connectivity index (χ0v) is 12.2. The van der Waals surface area contributed by atoms with E-state index in [1.807, 2.05) is 5.32 Å². The summed E-state index contributed by atoms with van der Waals surface area (Å²) >= 11 is 0. The Balaban J connectivity index is 2.05. The van der Waals surface area contributed by atoms with Crippen LogP contribution in [0.15, 0.2) is 24.3 Å². The van der Waals surface area contributed by atoms with Crippen molar-refractivity contribution in [2.75, 3.05) is 13.2 Å². The summed E-state index contributed by atoms with van der Waals surface area (Å²) in [5.41, 5.74) is 0.700. The van der Waals surface area contributed by atoms with Gasteiger partial charge >= 0.3 is 6.18 Å². The fourth-order valence-electron chi connectivity index (χ4n) is 2.23. The standard InChI is InChI=1S/C15H18F3NO3/c1-10-4-2-5-11(8-10)14(15(16,17)18)19-12(20)9-13-21-6-3-7-22-13/h2,4-5,8,13-14H,3,6-7,9H2,1H3,(H,19,20). The molecular weight excluding hydrogens is 299 g/mol. The summed E-state index contributed by atoms with van der Waals surface area (Å²) in [7, 11) is 0. The van der Waals surface area contributed by atoms with Gasteiger partial charge in [0.15, 0.2) is 12.3 Å². The van der Waals surface area contributed by atoms with Crippen LogP contribution in [0.4, 0.5) is 13.2 Å². The van der Waals surface area contributed by atoms with E-state index in [0.717, 1.165) is 0 Å². The summed E-state index contributed by atoms with van der Waals surface area (Å²) in [6.45, 7) is 2.58. The van der Waals surface area contributed by atoms with Gasteiger partial charge < -0.3 is 14.8 Å². The van der Waals surface area contributed by atoms with Crippen LogP contribution in [0.3, 0.4) is 0 Å². The molecule has 1 saturated heterocycles. The van der Waals surface area contributed by atoms with Crippen LogP contribution in [0.5, 0.6) is 0 Å². The van der Waals surface area contributed by atoms with Gasteiger partial charge in [0, 0.05) is 0 Å². The van der Waals surface area contributed by atoms with E-state index < -0.39 is 24.4 Å². The molecule has 0 spiro atoms. The van der Waals surface area contributed by atoms with E-state index in [-0.39, 0.29) is 12.0 Å². The highest BCUT2D eigenvalue weighted by Crippen LogP contribution is 2.33. The third-order valence-corrected chi connectivity index (χ3v) is 3.26. The zero-order valence-electron chi connectivity index (χ0n) is 12.2. The summed E-state index contributed by atoms with van der Waals surface area (Å²) in [5, 5.41) is 2.02. The topological polar surface area (TPSA) is 47.6 Å². The van der Waals surface area contributed by atoms with Gasteiger partial charge in [-0.1, -0.05) is 29.8 Å². The highest BCUT2D eigenvalue weighted by Gasteiger charge is 2.42. The van der Waals surface area contributed by atoms with Crippen molar-refractivity contribution in [3.63, 3.8) is 0 Å². The van der Waals surface area contributed by atoms with Gasteiger partial charge in [0.2, 0.25) is 5.91 Å². The minimum Gasteiger partial charge on any atom is -0.352 e. The molecule has 1 unspecified atom stereocenters. The molecule has 0 bridgehead atoms. The molecule has 122 valence electrons. The second kappa shape index (κ2) is 7.11. The minimum absolute atomic E-state index is 0.00586. The molecule has 1 aliphatic heterocycles. The summed E-state index contributed by atoms with van der Waals surface area (Å²) in [6, 6.07) is 3.94. The first-order chi connectivity index (χ1) is 10.4. The molecule has 1 aromatic rings. The number of amides is 1. The van der Waals surface area contributed by atoms with Crippen LogP contribution in [0.25, 0.3) is 0 Å². The van der Waals surface area contributed by atoms with Gasteiger partial charge in [-0.15, -0.1) is 0 Å². The molecular formula is C15H18F3NO3. The van der Waals surface area contributed by atoms with Gasteiger partial charge in [-0.25, -0.2) is 0 Å². The Bertz CT molecular complexity index is 513. The van der Waals surface area contributed by atoms with Crippen LogP contribution in [-0.4, -0.2) is 31.6 Å². The molecule has 1 aromatic carbocycles. The number of benzene rings is 1. The Morgan fingerprint density at radius 2 is 2.05 bits per heavy atom. The molecule has 2 rings (SSSR count). The zero-order chi connectivity index (χ0) is 16.2. The third kappa shape index (κ3) is 4.71. The summed E-state index contributed by atoms with van der Waals surface area (Å²) in [4.78, 5) is 11.9. The van der Waals surface area contributed by atoms with Gasteiger partial charge in [-0.05, 0) is 18.9 Å². The first-order valence-corrected chi connectivity index (χ1v) is 7.02. The number of nitrogens with one attached hydrogen (secondary N) is 1. The molecule has 0 saturated carbocycles. The Hall–Kier alpha value is -1.60.